The molecule has 0 spiro atoms. The first-order valence-corrected chi connectivity index (χ1v) is 12.7. The molecular formula is C24H29N3O5S. The quantitative estimate of drug-likeness (QED) is 0.670. The zero-order valence-corrected chi connectivity index (χ0v) is 19.3. The van der Waals surface area contributed by atoms with Gasteiger partial charge >= 0.3 is 0 Å². The summed E-state index contributed by atoms with van der Waals surface area (Å²) in [4.78, 5) is 27.0. The molecule has 0 unspecified atom stereocenters. The summed E-state index contributed by atoms with van der Waals surface area (Å²) in [7, 11) is -3.47. The number of carbonyl (C=O) groups is 2. The average molecular weight is 472 g/mol. The monoisotopic (exact) mass is 471 g/mol. The van der Waals surface area contributed by atoms with Crippen molar-refractivity contribution in [2.24, 2.45) is 5.92 Å². The summed E-state index contributed by atoms with van der Waals surface area (Å²) in [6.45, 7) is 2.10. The molecular weight excluding hydrogens is 442 g/mol. The molecule has 1 N–H and O–H groups in total. The number of nitrogens with zero attached hydrogens (tertiary/aromatic N) is 2. The highest BCUT2D eigenvalue weighted by Gasteiger charge is 2.29. The van der Waals surface area contributed by atoms with Crippen LogP contribution in [0.1, 0.15) is 25.7 Å². The minimum atomic E-state index is -3.47. The molecule has 9 heteroatoms. The van der Waals surface area contributed by atoms with Crippen LogP contribution in [0.2, 0.25) is 0 Å². The molecule has 2 fully saturated rings. The Morgan fingerprint density at radius 1 is 0.909 bits per heavy atom. The van der Waals surface area contributed by atoms with Crippen LogP contribution in [0.3, 0.4) is 0 Å². The number of likely N-dealkylation sites (tertiary alicyclic amines) is 1. The lowest BCUT2D eigenvalue weighted by atomic mass is 9.95. The number of hydrogen-bond donors (Lipinski definition) is 1. The second-order valence-electron chi connectivity index (χ2n) is 8.38. The van der Waals surface area contributed by atoms with Crippen LogP contribution in [0.4, 0.5) is 5.69 Å². The molecule has 4 rings (SSSR count). The summed E-state index contributed by atoms with van der Waals surface area (Å²) in [5.41, 5.74) is 0.565. The molecule has 0 bridgehead atoms. The van der Waals surface area contributed by atoms with Crippen molar-refractivity contribution < 1.29 is 22.7 Å². The second-order valence-corrected chi connectivity index (χ2v) is 10.3. The number of ether oxygens (including phenoxy) is 1. The third kappa shape index (κ3) is 5.72. The minimum absolute atomic E-state index is 0.0203. The Balaban J connectivity index is 1.25. The van der Waals surface area contributed by atoms with Gasteiger partial charge in [-0.05, 0) is 62.1 Å². The fourth-order valence-electron chi connectivity index (χ4n) is 4.18. The van der Waals surface area contributed by atoms with Gasteiger partial charge in [-0.25, -0.2) is 8.42 Å². The van der Waals surface area contributed by atoms with Gasteiger partial charge in [0.2, 0.25) is 15.9 Å². The number of rotatable bonds is 7. The first-order valence-electron chi connectivity index (χ1n) is 11.3. The zero-order chi connectivity index (χ0) is 23.3. The smallest absolute Gasteiger partial charge is 0.260 e. The number of hydrogen-bond acceptors (Lipinski definition) is 5. The van der Waals surface area contributed by atoms with Crippen molar-refractivity contribution in [3.8, 4) is 5.75 Å². The Morgan fingerprint density at radius 2 is 1.55 bits per heavy atom. The molecule has 2 heterocycles. The fourth-order valence-corrected chi connectivity index (χ4v) is 5.69. The molecule has 0 aromatic heterocycles. The van der Waals surface area contributed by atoms with Crippen molar-refractivity contribution in [1.29, 1.82) is 0 Å². The molecule has 2 amide bonds. The summed E-state index contributed by atoms with van der Waals surface area (Å²) < 4.78 is 32.3. The van der Waals surface area contributed by atoms with Gasteiger partial charge in [-0.1, -0.05) is 18.2 Å². The lowest BCUT2D eigenvalue weighted by Gasteiger charge is -2.31. The Labute approximate surface area is 194 Å². The van der Waals surface area contributed by atoms with Gasteiger partial charge in [0, 0.05) is 37.8 Å². The Hall–Kier alpha value is -2.91. The topological polar surface area (TPSA) is 96.0 Å². The van der Waals surface area contributed by atoms with Gasteiger partial charge in [-0.3, -0.25) is 9.59 Å². The number of sulfonamides is 1. The van der Waals surface area contributed by atoms with Gasteiger partial charge in [-0.2, -0.15) is 4.31 Å². The predicted molar refractivity (Wildman–Crippen MR) is 124 cm³/mol. The number of para-hydroxylation sites is 1. The van der Waals surface area contributed by atoms with E-state index in [1.54, 1.807) is 29.2 Å². The Morgan fingerprint density at radius 3 is 2.18 bits per heavy atom. The van der Waals surface area contributed by atoms with Gasteiger partial charge in [-0.15, -0.1) is 0 Å². The minimum Gasteiger partial charge on any atom is -0.484 e. The van der Waals surface area contributed by atoms with Crippen molar-refractivity contribution in [1.82, 2.24) is 9.21 Å². The van der Waals surface area contributed by atoms with E-state index in [0.717, 1.165) is 12.8 Å². The fraction of sp³-hybridized carbons (Fsp3) is 0.417. The maximum atomic E-state index is 12.7. The van der Waals surface area contributed by atoms with E-state index in [2.05, 4.69) is 5.32 Å². The van der Waals surface area contributed by atoms with E-state index >= 15 is 0 Å². The molecule has 0 atom stereocenters. The van der Waals surface area contributed by atoms with Crippen LogP contribution in [0, 0.1) is 5.92 Å². The Kier molecular flexibility index (Phi) is 7.29. The lowest BCUT2D eigenvalue weighted by molar-refractivity contribution is -0.136. The average Bonchev–Trinajstić information content (AvgIpc) is 3.40. The molecule has 33 heavy (non-hydrogen) atoms. The van der Waals surface area contributed by atoms with Gasteiger partial charge in [0.25, 0.3) is 5.91 Å². The van der Waals surface area contributed by atoms with Crippen molar-refractivity contribution in [3.05, 3.63) is 54.6 Å². The van der Waals surface area contributed by atoms with Crippen molar-refractivity contribution >= 4 is 27.5 Å². The van der Waals surface area contributed by atoms with Crippen LogP contribution in [-0.2, 0) is 19.6 Å². The first-order chi connectivity index (χ1) is 15.9. The van der Waals surface area contributed by atoms with Crippen LogP contribution in [0.25, 0.3) is 0 Å². The number of piperidine rings is 1. The largest absolute Gasteiger partial charge is 0.484 e. The molecule has 0 aliphatic carbocycles. The molecule has 2 aromatic rings. The third-order valence-electron chi connectivity index (χ3n) is 6.15. The van der Waals surface area contributed by atoms with Crippen LogP contribution in [-0.4, -0.2) is 62.2 Å². The lowest BCUT2D eigenvalue weighted by Crippen LogP contribution is -2.43. The van der Waals surface area contributed by atoms with Crippen molar-refractivity contribution in [2.75, 3.05) is 38.1 Å². The summed E-state index contributed by atoms with van der Waals surface area (Å²) in [6, 6.07) is 15.5. The summed E-state index contributed by atoms with van der Waals surface area (Å²) in [6.07, 6.45) is 2.92. The van der Waals surface area contributed by atoms with Crippen LogP contribution >= 0.6 is 0 Å². The van der Waals surface area contributed by atoms with Crippen LogP contribution in [0.5, 0.6) is 5.75 Å². The standard InChI is InChI=1S/C24H29N3O5S/c28-23(18-32-21-6-2-1-3-7-21)26-16-12-19(13-17-26)24(29)25-20-8-10-22(11-9-20)33(30,31)27-14-4-5-15-27/h1-3,6-11,19H,4-5,12-18H2,(H,25,29). The van der Waals surface area contributed by atoms with E-state index in [-0.39, 0.29) is 29.2 Å². The molecule has 0 radical (unpaired) electrons. The number of nitrogens with one attached hydrogen (secondary N) is 1. The van der Waals surface area contributed by atoms with Gasteiger partial charge in [0.05, 0.1) is 4.90 Å². The van der Waals surface area contributed by atoms with E-state index in [4.69, 9.17) is 4.74 Å². The highest BCUT2D eigenvalue weighted by molar-refractivity contribution is 7.89. The highest BCUT2D eigenvalue weighted by Crippen LogP contribution is 2.24. The van der Waals surface area contributed by atoms with E-state index in [9.17, 15) is 18.0 Å². The number of carbonyl (C=O) groups excluding carboxylic acids is 2. The Bertz CT molecular complexity index is 1060. The van der Waals surface area contributed by atoms with E-state index < -0.39 is 10.0 Å². The SMILES string of the molecule is O=C(Nc1ccc(S(=O)(=O)N2CCCC2)cc1)C1CCN(C(=O)COc2ccccc2)CC1. The number of amides is 2. The first kappa shape index (κ1) is 23.3. The maximum absolute atomic E-state index is 12.7. The highest BCUT2D eigenvalue weighted by atomic mass is 32.2. The van der Waals surface area contributed by atoms with Gasteiger partial charge < -0.3 is 15.0 Å². The van der Waals surface area contributed by atoms with Crippen molar-refractivity contribution in [2.45, 2.75) is 30.6 Å². The number of benzene rings is 2. The summed E-state index contributed by atoms with van der Waals surface area (Å²) in [5.74, 6) is 0.252. The van der Waals surface area contributed by atoms with Gasteiger partial charge in [0.15, 0.2) is 6.61 Å². The molecule has 176 valence electrons. The van der Waals surface area contributed by atoms with Gasteiger partial charge in [0.1, 0.15) is 5.75 Å². The molecule has 8 nitrogen and oxygen atoms in total. The molecule has 2 aliphatic rings. The molecule has 0 saturated carbocycles. The molecule has 2 saturated heterocycles. The third-order valence-corrected chi connectivity index (χ3v) is 8.06. The second kappa shape index (κ2) is 10.4. The number of anilines is 1. The zero-order valence-electron chi connectivity index (χ0n) is 18.5. The molecule has 2 aromatic carbocycles. The van der Waals surface area contributed by atoms with E-state index in [0.29, 0.717) is 50.5 Å². The van der Waals surface area contributed by atoms with Crippen molar-refractivity contribution in [3.63, 3.8) is 0 Å². The maximum Gasteiger partial charge on any atom is 0.260 e. The summed E-state index contributed by atoms with van der Waals surface area (Å²) >= 11 is 0. The van der Waals surface area contributed by atoms with Crippen LogP contribution in [0.15, 0.2) is 59.5 Å². The molecule has 2 aliphatic heterocycles. The normalized spacial score (nSPS) is 17.6. The van der Waals surface area contributed by atoms with E-state index in [1.165, 1.54) is 16.4 Å². The van der Waals surface area contributed by atoms with E-state index in [1.807, 2.05) is 18.2 Å². The predicted octanol–water partition coefficient (Wildman–Crippen LogP) is 2.73. The van der Waals surface area contributed by atoms with Crippen LogP contribution < -0.4 is 10.1 Å². The summed E-state index contributed by atoms with van der Waals surface area (Å²) in [5, 5.41) is 2.88.